The molecule has 0 bridgehead atoms. The predicted octanol–water partition coefficient (Wildman–Crippen LogP) is 1.98. The Labute approximate surface area is 141 Å². The summed E-state index contributed by atoms with van der Waals surface area (Å²) >= 11 is 0. The first kappa shape index (κ1) is 18.0. The molecule has 0 aromatic carbocycles. The summed E-state index contributed by atoms with van der Waals surface area (Å²) < 4.78 is 10.3. The summed E-state index contributed by atoms with van der Waals surface area (Å²) in [4.78, 5) is 41.1. The molecule has 1 N–H and O–H groups in total. The normalized spacial score (nSPS) is 15.2. The lowest BCUT2D eigenvalue weighted by Gasteiger charge is -2.20. The zero-order chi connectivity index (χ0) is 17.9. The molecule has 24 heavy (non-hydrogen) atoms. The fourth-order valence-electron chi connectivity index (χ4n) is 2.93. The van der Waals surface area contributed by atoms with Crippen LogP contribution < -0.4 is 0 Å². The second-order valence-electron chi connectivity index (χ2n) is 5.93. The van der Waals surface area contributed by atoms with Gasteiger partial charge in [-0.3, -0.25) is 4.79 Å². The number of carbonyl (C=O) groups is 3. The number of ether oxygens (including phenoxy) is 2. The summed E-state index contributed by atoms with van der Waals surface area (Å²) in [5.41, 5.74) is 1.52. The molecular weight excluding hydrogens is 312 g/mol. The van der Waals surface area contributed by atoms with E-state index in [2.05, 4.69) is 4.98 Å². The molecule has 1 amide bonds. The Morgan fingerprint density at radius 2 is 1.79 bits per heavy atom. The number of hydrogen-bond acceptors (Lipinski definition) is 5. The molecule has 0 radical (unpaired) electrons. The fourth-order valence-corrected chi connectivity index (χ4v) is 2.93. The molecule has 1 aliphatic rings. The molecule has 0 aliphatic carbocycles. The summed E-state index contributed by atoms with van der Waals surface area (Å²) in [7, 11) is 0. The Bertz CT molecular complexity index is 644. The summed E-state index contributed by atoms with van der Waals surface area (Å²) in [6.45, 7) is 8.28. The van der Waals surface area contributed by atoms with Crippen molar-refractivity contribution in [1.29, 1.82) is 0 Å². The summed E-state index contributed by atoms with van der Waals surface area (Å²) in [6, 6.07) is 0. The number of aromatic amines is 1. The van der Waals surface area contributed by atoms with Crippen molar-refractivity contribution in [2.45, 2.75) is 46.6 Å². The highest BCUT2D eigenvalue weighted by Crippen LogP contribution is 2.20. The number of esters is 2. The van der Waals surface area contributed by atoms with Crippen molar-refractivity contribution in [3.63, 3.8) is 0 Å². The van der Waals surface area contributed by atoms with Gasteiger partial charge in [0.05, 0.1) is 12.2 Å². The molecule has 1 fully saturated rings. The zero-order valence-electron chi connectivity index (χ0n) is 14.6. The Morgan fingerprint density at radius 1 is 1.17 bits per heavy atom. The maximum atomic E-state index is 12.4. The van der Waals surface area contributed by atoms with Crippen LogP contribution in [0.5, 0.6) is 0 Å². The second kappa shape index (κ2) is 7.51. The highest BCUT2D eigenvalue weighted by atomic mass is 16.5. The minimum Gasteiger partial charge on any atom is -0.462 e. The number of aryl methyl sites for hydroxylation is 1. The monoisotopic (exact) mass is 336 g/mol. The van der Waals surface area contributed by atoms with Gasteiger partial charge in [0.15, 0.2) is 6.10 Å². The molecule has 1 aromatic heterocycles. The van der Waals surface area contributed by atoms with Crippen LogP contribution in [0.25, 0.3) is 0 Å². The molecule has 2 rings (SSSR count). The fraction of sp³-hybridized carbons (Fsp3) is 0.588. The number of nitrogens with zero attached hydrogens (tertiary/aromatic N) is 1. The van der Waals surface area contributed by atoms with Gasteiger partial charge < -0.3 is 19.4 Å². The minimum absolute atomic E-state index is 0.177. The van der Waals surface area contributed by atoms with Crippen LogP contribution in [0.4, 0.5) is 0 Å². The highest BCUT2D eigenvalue weighted by molar-refractivity contribution is 5.99. The van der Waals surface area contributed by atoms with E-state index in [-0.39, 0.29) is 18.2 Å². The van der Waals surface area contributed by atoms with Crippen LogP contribution >= 0.6 is 0 Å². The summed E-state index contributed by atoms with van der Waals surface area (Å²) in [5, 5.41) is 0. The number of nitrogens with one attached hydrogen (secondary N) is 1. The first-order chi connectivity index (χ1) is 11.4. The topological polar surface area (TPSA) is 88.7 Å². The Balaban J connectivity index is 2.11. The first-order valence-electron chi connectivity index (χ1n) is 8.22. The van der Waals surface area contributed by atoms with E-state index in [4.69, 9.17) is 9.47 Å². The lowest BCUT2D eigenvalue weighted by Crippen LogP contribution is -2.38. The van der Waals surface area contributed by atoms with Gasteiger partial charge in [-0.15, -0.1) is 0 Å². The molecule has 1 aromatic rings. The SMILES string of the molecule is CCOC(=O)c1c(C)[nH]c(C(=O)O[C@H](C)C(=O)N2CCCC2)c1C. The van der Waals surface area contributed by atoms with Gasteiger partial charge in [-0.1, -0.05) is 0 Å². The lowest BCUT2D eigenvalue weighted by atomic mass is 10.1. The number of aromatic nitrogens is 1. The summed E-state index contributed by atoms with van der Waals surface area (Å²) in [6.07, 6.45) is 1.10. The molecule has 0 unspecified atom stereocenters. The van der Waals surface area contributed by atoms with E-state index in [9.17, 15) is 14.4 Å². The van der Waals surface area contributed by atoms with Crippen molar-refractivity contribution in [1.82, 2.24) is 9.88 Å². The Morgan fingerprint density at radius 3 is 2.38 bits per heavy atom. The quantitative estimate of drug-likeness (QED) is 0.831. The van der Waals surface area contributed by atoms with Gasteiger partial charge in [0.25, 0.3) is 5.91 Å². The average Bonchev–Trinajstić information content (AvgIpc) is 3.15. The van der Waals surface area contributed by atoms with E-state index in [0.717, 1.165) is 12.8 Å². The molecule has 7 heteroatoms. The Hall–Kier alpha value is -2.31. The van der Waals surface area contributed by atoms with Gasteiger partial charge in [-0.05, 0) is 46.1 Å². The third-order valence-electron chi connectivity index (χ3n) is 4.17. The number of likely N-dealkylation sites (tertiary alicyclic amines) is 1. The van der Waals surface area contributed by atoms with Crippen LogP contribution in [0.15, 0.2) is 0 Å². The molecule has 0 saturated carbocycles. The van der Waals surface area contributed by atoms with Crippen LogP contribution in [-0.2, 0) is 14.3 Å². The summed E-state index contributed by atoms with van der Waals surface area (Å²) in [5.74, 6) is -1.32. The van der Waals surface area contributed by atoms with E-state index in [0.29, 0.717) is 29.9 Å². The van der Waals surface area contributed by atoms with Crippen LogP contribution in [0.3, 0.4) is 0 Å². The number of rotatable bonds is 5. The minimum atomic E-state index is -0.857. The van der Waals surface area contributed by atoms with Gasteiger partial charge >= 0.3 is 11.9 Å². The number of amides is 1. The maximum Gasteiger partial charge on any atom is 0.355 e. The van der Waals surface area contributed by atoms with Gasteiger partial charge in [-0.2, -0.15) is 0 Å². The molecule has 7 nitrogen and oxygen atoms in total. The number of H-pyrrole nitrogens is 1. The van der Waals surface area contributed by atoms with Crippen LogP contribution in [0, 0.1) is 13.8 Å². The van der Waals surface area contributed by atoms with Crippen molar-refractivity contribution < 1.29 is 23.9 Å². The second-order valence-corrected chi connectivity index (χ2v) is 5.93. The third kappa shape index (κ3) is 3.60. The van der Waals surface area contributed by atoms with E-state index in [1.54, 1.807) is 32.6 Å². The molecule has 1 atom stereocenters. The molecular formula is C17H24N2O5. The van der Waals surface area contributed by atoms with E-state index in [1.807, 2.05) is 0 Å². The van der Waals surface area contributed by atoms with Crippen molar-refractivity contribution in [3.05, 3.63) is 22.5 Å². The van der Waals surface area contributed by atoms with Crippen molar-refractivity contribution in [3.8, 4) is 0 Å². The molecule has 132 valence electrons. The maximum absolute atomic E-state index is 12.4. The van der Waals surface area contributed by atoms with Crippen molar-refractivity contribution >= 4 is 17.8 Å². The number of hydrogen-bond donors (Lipinski definition) is 1. The zero-order valence-corrected chi connectivity index (χ0v) is 14.6. The van der Waals surface area contributed by atoms with Gasteiger partial charge in [0, 0.05) is 18.8 Å². The first-order valence-corrected chi connectivity index (χ1v) is 8.22. The lowest BCUT2D eigenvalue weighted by molar-refractivity contribution is -0.138. The predicted molar refractivity (Wildman–Crippen MR) is 86.9 cm³/mol. The molecule has 1 saturated heterocycles. The standard InChI is InChI=1S/C17H24N2O5/c1-5-23-16(21)13-10(2)14(18-11(13)3)17(22)24-12(4)15(20)19-8-6-7-9-19/h12,18H,5-9H2,1-4H3/t12-/m1/s1. The van der Waals surface area contributed by atoms with E-state index < -0.39 is 18.0 Å². The highest BCUT2D eigenvalue weighted by Gasteiger charge is 2.29. The largest absolute Gasteiger partial charge is 0.462 e. The van der Waals surface area contributed by atoms with E-state index in [1.165, 1.54) is 0 Å². The van der Waals surface area contributed by atoms with Crippen LogP contribution in [-0.4, -0.2) is 53.5 Å². The molecule has 0 spiro atoms. The van der Waals surface area contributed by atoms with Gasteiger partial charge in [0.2, 0.25) is 0 Å². The average molecular weight is 336 g/mol. The van der Waals surface area contributed by atoms with Crippen LogP contribution in [0.2, 0.25) is 0 Å². The molecule has 1 aliphatic heterocycles. The molecule has 2 heterocycles. The smallest absolute Gasteiger partial charge is 0.355 e. The van der Waals surface area contributed by atoms with Gasteiger partial charge in [-0.25, -0.2) is 9.59 Å². The Kier molecular flexibility index (Phi) is 5.64. The van der Waals surface area contributed by atoms with Crippen LogP contribution in [0.1, 0.15) is 58.8 Å². The third-order valence-corrected chi connectivity index (χ3v) is 4.17. The van der Waals surface area contributed by atoms with Crippen molar-refractivity contribution in [2.75, 3.05) is 19.7 Å². The van der Waals surface area contributed by atoms with Crippen molar-refractivity contribution in [2.24, 2.45) is 0 Å². The number of carbonyl (C=O) groups excluding carboxylic acids is 3. The van der Waals surface area contributed by atoms with Gasteiger partial charge in [0.1, 0.15) is 5.69 Å². The van der Waals surface area contributed by atoms with E-state index >= 15 is 0 Å².